The zero-order valence-corrected chi connectivity index (χ0v) is 20.6. The highest BCUT2D eigenvalue weighted by Gasteiger charge is 2.41. The first-order valence-corrected chi connectivity index (χ1v) is 13.0. The maximum atomic E-state index is 13.5. The normalized spacial score (nSPS) is 20.1. The summed E-state index contributed by atoms with van der Waals surface area (Å²) in [5.41, 5.74) is 4.71. The number of carbonyl (C=O) groups is 2. The molecule has 1 aliphatic carbocycles. The lowest BCUT2D eigenvalue weighted by atomic mass is 9.73. The largest absolute Gasteiger partial charge is 0.497 e. The molecule has 34 heavy (non-hydrogen) atoms. The first-order chi connectivity index (χ1) is 16.5. The highest BCUT2D eigenvalue weighted by atomic mass is 32.1. The fraction of sp³-hybridized carbons (Fsp3) is 0.259. The Bertz CT molecular complexity index is 1250. The van der Waals surface area contributed by atoms with Crippen molar-refractivity contribution in [2.75, 3.05) is 7.11 Å². The number of Topliss-reactive ketones (excluding diaryl/α,β-unsaturated/α-hetero) is 1. The van der Waals surface area contributed by atoms with Gasteiger partial charge in [0.15, 0.2) is 5.78 Å². The third-order valence-electron chi connectivity index (χ3n) is 6.40. The number of esters is 1. The molecule has 3 aromatic rings. The molecule has 0 spiro atoms. The quantitative estimate of drug-likeness (QED) is 0.434. The fourth-order valence-electron chi connectivity index (χ4n) is 4.76. The molecule has 174 valence electrons. The summed E-state index contributed by atoms with van der Waals surface area (Å²) in [4.78, 5) is 28.1. The molecular formula is C27H25NO4S2. The summed E-state index contributed by atoms with van der Waals surface area (Å²) in [5, 5.41) is 9.45. The van der Waals surface area contributed by atoms with E-state index in [-0.39, 0.29) is 18.3 Å². The first kappa shape index (κ1) is 22.6. The van der Waals surface area contributed by atoms with Crippen molar-refractivity contribution in [3.05, 3.63) is 97.1 Å². The lowest BCUT2D eigenvalue weighted by Crippen LogP contribution is -2.35. The SMILES string of the molecule is COc1ccc(COC(=O)C2=C(C)NC3=C(C(=O)C[C@@H](c4cccs4)C3)[C@H]2c2ccsc2)cc1. The summed E-state index contributed by atoms with van der Waals surface area (Å²) < 4.78 is 10.9. The van der Waals surface area contributed by atoms with Crippen LogP contribution in [0, 0.1) is 0 Å². The second kappa shape index (κ2) is 9.60. The van der Waals surface area contributed by atoms with Crippen LogP contribution < -0.4 is 10.1 Å². The number of benzene rings is 1. The highest BCUT2D eigenvalue weighted by molar-refractivity contribution is 7.10. The number of ether oxygens (including phenoxy) is 2. The van der Waals surface area contributed by atoms with E-state index in [1.807, 2.05) is 59.5 Å². The summed E-state index contributed by atoms with van der Waals surface area (Å²) in [6.07, 6.45) is 1.21. The third-order valence-corrected chi connectivity index (χ3v) is 8.13. The third kappa shape index (κ3) is 4.33. The van der Waals surface area contributed by atoms with Crippen LogP contribution in [0.4, 0.5) is 0 Å². The second-order valence-electron chi connectivity index (χ2n) is 8.51. The van der Waals surface area contributed by atoms with E-state index in [0.717, 1.165) is 34.7 Å². The van der Waals surface area contributed by atoms with Crippen LogP contribution in [0.25, 0.3) is 0 Å². The monoisotopic (exact) mass is 491 g/mol. The molecule has 1 aliphatic heterocycles. The van der Waals surface area contributed by atoms with E-state index < -0.39 is 11.9 Å². The molecule has 0 amide bonds. The van der Waals surface area contributed by atoms with Crippen molar-refractivity contribution in [3.63, 3.8) is 0 Å². The molecule has 2 aromatic heterocycles. The van der Waals surface area contributed by atoms with Gasteiger partial charge in [-0.3, -0.25) is 4.79 Å². The number of ketones is 1. The molecule has 0 saturated heterocycles. The van der Waals surface area contributed by atoms with Gasteiger partial charge in [-0.15, -0.1) is 11.3 Å². The van der Waals surface area contributed by atoms with E-state index in [9.17, 15) is 9.59 Å². The van der Waals surface area contributed by atoms with Crippen LogP contribution in [-0.4, -0.2) is 18.9 Å². The summed E-state index contributed by atoms with van der Waals surface area (Å²) in [7, 11) is 1.61. The van der Waals surface area contributed by atoms with Gasteiger partial charge in [-0.1, -0.05) is 18.2 Å². The van der Waals surface area contributed by atoms with E-state index >= 15 is 0 Å². The van der Waals surface area contributed by atoms with Crippen LogP contribution in [0.15, 0.2) is 81.1 Å². The number of dihydropyridines is 1. The number of nitrogens with one attached hydrogen (secondary N) is 1. The maximum absolute atomic E-state index is 13.5. The Balaban J connectivity index is 1.43. The van der Waals surface area contributed by atoms with Gasteiger partial charge in [0.25, 0.3) is 0 Å². The minimum Gasteiger partial charge on any atom is -0.497 e. The summed E-state index contributed by atoms with van der Waals surface area (Å²) in [6, 6.07) is 13.5. The van der Waals surface area contributed by atoms with Crippen LogP contribution in [0.2, 0.25) is 0 Å². The Morgan fingerprint density at radius 3 is 2.62 bits per heavy atom. The number of allylic oxidation sites excluding steroid dienone is 3. The van der Waals surface area contributed by atoms with Gasteiger partial charge in [-0.05, 0) is 64.9 Å². The van der Waals surface area contributed by atoms with E-state index in [1.54, 1.807) is 29.8 Å². The van der Waals surface area contributed by atoms with E-state index in [2.05, 4.69) is 11.4 Å². The molecule has 2 aliphatic rings. The minimum atomic E-state index is -0.414. The van der Waals surface area contributed by atoms with Crippen molar-refractivity contribution in [1.82, 2.24) is 5.32 Å². The van der Waals surface area contributed by atoms with Crippen molar-refractivity contribution in [2.24, 2.45) is 0 Å². The van der Waals surface area contributed by atoms with Gasteiger partial charge in [0, 0.05) is 40.1 Å². The van der Waals surface area contributed by atoms with Gasteiger partial charge >= 0.3 is 5.97 Å². The second-order valence-corrected chi connectivity index (χ2v) is 10.3. The maximum Gasteiger partial charge on any atom is 0.337 e. The first-order valence-electron chi connectivity index (χ1n) is 11.1. The predicted octanol–water partition coefficient (Wildman–Crippen LogP) is 5.92. The van der Waals surface area contributed by atoms with Crippen LogP contribution in [0.3, 0.4) is 0 Å². The number of methoxy groups -OCH3 is 1. The van der Waals surface area contributed by atoms with Gasteiger partial charge in [-0.2, -0.15) is 11.3 Å². The Morgan fingerprint density at radius 2 is 1.94 bits per heavy atom. The van der Waals surface area contributed by atoms with Crippen molar-refractivity contribution < 1.29 is 19.1 Å². The lowest BCUT2D eigenvalue weighted by Gasteiger charge is -2.36. The zero-order valence-electron chi connectivity index (χ0n) is 19.0. The molecular weight excluding hydrogens is 466 g/mol. The average Bonchev–Trinajstić information content (AvgIpc) is 3.56. The van der Waals surface area contributed by atoms with E-state index in [0.29, 0.717) is 17.6 Å². The smallest absolute Gasteiger partial charge is 0.337 e. The predicted molar refractivity (Wildman–Crippen MR) is 134 cm³/mol. The number of thiophene rings is 2. The van der Waals surface area contributed by atoms with Gasteiger partial charge < -0.3 is 14.8 Å². The van der Waals surface area contributed by atoms with Gasteiger partial charge in [-0.25, -0.2) is 4.79 Å². The Morgan fingerprint density at radius 1 is 1.12 bits per heavy atom. The van der Waals surface area contributed by atoms with Crippen LogP contribution in [0.5, 0.6) is 5.75 Å². The van der Waals surface area contributed by atoms with Crippen LogP contribution in [-0.2, 0) is 20.9 Å². The standard InChI is InChI=1S/C27H25NO4S2/c1-16-24(27(30)32-14-17-5-7-20(31-2)8-6-17)25(18-9-11-33-15-18)26-21(28-16)12-19(13-22(26)29)23-4-3-10-34-23/h3-11,15,19,25,28H,12-14H2,1-2H3/t19-,25-/m0/s1. The molecule has 0 bridgehead atoms. The van der Waals surface area contributed by atoms with Crippen molar-refractivity contribution in [3.8, 4) is 5.75 Å². The van der Waals surface area contributed by atoms with E-state index in [4.69, 9.17) is 9.47 Å². The van der Waals surface area contributed by atoms with E-state index in [1.165, 1.54) is 4.88 Å². The average molecular weight is 492 g/mol. The number of carbonyl (C=O) groups excluding carboxylic acids is 2. The molecule has 5 rings (SSSR count). The fourth-order valence-corrected chi connectivity index (χ4v) is 6.27. The van der Waals surface area contributed by atoms with Crippen LogP contribution >= 0.6 is 22.7 Å². The van der Waals surface area contributed by atoms with Crippen molar-refractivity contribution >= 4 is 34.4 Å². The summed E-state index contributed by atoms with van der Waals surface area (Å²) >= 11 is 3.25. The zero-order chi connectivity index (χ0) is 23.7. The molecule has 0 fully saturated rings. The molecule has 2 atom stereocenters. The van der Waals surface area contributed by atoms with Crippen LogP contribution in [0.1, 0.15) is 47.6 Å². The Labute approximate surface area is 206 Å². The van der Waals surface area contributed by atoms with Gasteiger partial charge in [0.05, 0.1) is 12.7 Å². The van der Waals surface area contributed by atoms with Gasteiger partial charge in [0.2, 0.25) is 0 Å². The lowest BCUT2D eigenvalue weighted by molar-refractivity contribution is -0.140. The van der Waals surface area contributed by atoms with Gasteiger partial charge in [0.1, 0.15) is 12.4 Å². The topological polar surface area (TPSA) is 64.6 Å². The number of hydrogen-bond acceptors (Lipinski definition) is 7. The molecule has 1 N–H and O–H groups in total. The molecule has 7 heteroatoms. The molecule has 0 saturated carbocycles. The minimum absolute atomic E-state index is 0.0938. The summed E-state index contributed by atoms with van der Waals surface area (Å²) in [6.45, 7) is 2.04. The molecule has 0 radical (unpaired) electrons. The molecule has 5 nitrogen and oxygen atoms in total. The molecule has 3 heterocycles. The Kier molecular flexibility index (Phi) is 6.39. The Hall–Kier alpha value is -3.16. The highest BCUT2D eigenvalue weighted by Crippen LogP contribution is 2.46. The number of hydrogen-bond donors (Lipinski definition) is 1. The van der Waals surface area contributed by atoms with Crippen molar-refractivity contribution in [2.45, 2.75) is 38.2 Å². The van der Waals surface area contributed by atoms with Crippen molar-refractivity contribution in [1.29, 1.82) is 0 Å². The molecule has 1 aromatic carbocycles. The number of rotatable bonds is 6. The summed E-state index contributed by atoms with van der Waals surface area (Å²) in [5.74, 6) is 0.188. The molecule has 0 unspecified atom stereocenters.